The van der Waals surface area contributed by atoms with Gasteiger partial charge in [-0.2, -0.15) is 9.78 Å². The second-order valence-electron chi connectivity index (χ2n) is 7.07. The molecule has 2 aromatic carbocycles. The number of hydrogen-bond donors (Lipinski definition) is 0. The Kier molecular flexibility index (Phi) is 5.12. The molecule has 1 unspecified atom stereocenters. The van der Waals surface area contributed by atoms with Crippen LogP contribution in [0, 0.1) is 5.82 Å². The first-order valence-electron chi connectivity index (χ1n) is 9.50. The van der Waals surface area contributed by atoms with Crippen LogP contribution in [-0.4, -0.2) is 46.3 Å². The van der Waals surface area contributed by atoms with Crippen molar-refractivity contribution in [3.8, 4) is 5.69 Å². The summed E-state index contributed by atoms with van der Waals surface area (Å²) < 4.78 is 14.3. The average molecular weight is 392 g/mol. The van der Waals surface area contributed by atoms with Gasteiger partial charge in [0.1, 0.15) is 11.5 Å². The zero-order valence-corrected chi connectivity index (χ0v) is 16.0. The minimum absolute atomic E-state index is 0.00976. The number of nitrogens with zero attached hydrogens (tertiary/aromatic N) is 4. The Morgan fingerprint density at radius 1 is 0.966 bits per heavy atom. The number of hydrogen-bond acceptors (Lipinski definition) is 4. The van der Waals surface area contributed by atoms with E-state index in [1.807, 2.05) is 25.1 Å². The number of halogens is 1. The summed E-state index contributed by atoms with van der Waals surface area (Å²) in [6.07, 6.45) is 0. The Labute approximate surface area is 167 Å². The van der Waals surface area contributed by atoms with Gasteiger partial charge < -0.3 is 9.80 Å². The molecule has 0 spiro atoms. The fraction of sp³-hybridized carbons (Fsp3) is 0.227. The molecular formula is C22H21FN4O2. The first kappa shape index (κ1) is 18.9. The molecule has 4 rings (SSSR count). The third-order valence-corrected chi connectivity index (χ3v) is 5.10. The maximum Gasteiger partial charge on any atom is 0.274 e. The maximum absolute atomic E-state index is 13.2. The lowest BCUT2D eigenvalue weighted by Crippen LogP contribution is -2.54. The van der Waals surface area contributed by atoms with Crippen LogP contribution >= 0.6 is 0 Å². The first-order chi connectivity index (χ1) is 14.0. The van der Waals surface area contributed by atoms with Gasteiger partial charge in [0.25, 0.3) is 11.5 Å². The van der Waals surface area contributed by atoms with Crippen LogP contribution in [0.2, 0.25) is 0 Å². The number of aromatic nitrogens is 2. The molecule has 1 aliphatic rings. The molecule has 0 bridgehead atoms. The molecule has 148 valence electrons. The Morgan fingerprint density at radius 2 is 1.69 bits per heavy atom. The van der Waals surface area contributed by atoms with Gasteiger partial charge in [0.05, 0.1) is 5.69 Å². The van der Waals surface area contributed by atoms with Crippen molar-refractivity contribution in [1.29, 1.82) is 0 Å². The van der Waals surface area contributed by atoms with E-state index in [0.29, 0.717) is 18.8 Å². The van der Waals surface area contributed by atoms with Gasteiger partial charge in [0, 0.05) is 37.4 Å². The van der Waals surface area contributed by atoms with Gasteiger partial charge in [0.15, 0.2) is 0 Å². The van der Waals surface area contributed by atoms with Gasteiger partial charge in [-0.15, -0.1) is 0 Å². The molecular weight excluding hydrogens is 371 g/mol. The topological polar surface area (TPSA) is 58.4 Å². The fourth-order valence-corrected chi connectivity index (χ4v) is 3.57. The molecule has 1 fully saturated rings. The maximum atomic E-state index is 13.2. The molecule has 7 heteroatoms. The highest BCUT2D eigenvalue weighted by Gasteiger charge is 2.29. The second-order valence-corrected chi connectivity index (χ2v) is 7.07. The Balaban J connectivity index is 1.55. The highest BCUT2D eigenvalue weighted by Crippen LogP contribution is 2.20. The molecule has 1 aromatic heterocycles. The van der Waals surface area contributed by atoms with Crippen LogP contribution in [0.1, 0.15) is 17.4 Å². The molecule has 0 aliphatic carbocycles. The molecule has 1 atom stereocenters. The highest BCUT2D eigenvalue weighted by atomic mass is 19.1. The lowest BCUT2D eigenvalue weighted by atomic mass is 10.1. The number of rotatable bonds is 3. The number of carbonyl (C=O) groups is 1. The van der Waals surface area contributed by atoms with E-state index in [1.54, 1.807) is 4.90 Å². The van der Waals surface area contributed by atoms with Crippen molar-refractivity contribution in [3.05, 3.63) is 88.6 Å². The van der Waals surface area contributed by atoms with E-state index in [0.717, 1.165) is 16.9 Å². The second kappa shape index (κ2) is 7.87. The highest BCUT2D eigenvalue weighted by molar-refractivity contribution is 5.92. The summed E-state index contributed by atoms with van der Waals surface area (Å²) in [6, 6.07) is 18.3. The Morgan fingerprint density at radius 3 is 2.38 bits per heavy atom. The van der Waals surface area contributed by atoms with Crippen molar-refractivity contribution in [3.63, 3.8) is 0 Å². The molecule has 1 amide bonds. The summed E-state index contributed by atoms with van der Waals surface area (Å²) in [5, 5.41) is 4.24. The van der Waals surface area contributed by atoms with Gasteiger partial charge in [0.2, 0.25) is 0 Å². The number of carbonyl (C=O) groups excluding carboxylic acids is 1. The minimum atomic E-state index is -0.404. The number of benzene rings is 2. The van der Waals surface area contributed by atoms with Crippen LogP contribution in [0.15, 0.2) is 71.5 Å². The van der Waals surface area contributed by atoms with E-state index in [2.05, 4.69) is 22.1 Å². The van der Waals surface area contributed by atoms with Gasteiger partial charge in [-0.3, -0.25) is 9.59 Å². The van der Waals surface area contributed by atoms with Crippen molar-refractivity contribution in [2.45, 2.75) is 13.0 Å². The minimum Gasteiger partial charge on any atom is -0.368 e. The summed E-state index contributed by atoms with van der Waals surface area (Å²) in [6.45, 7) is 4.00. The van der Waals surface area contributed by atoms with E-state index < -0.39 is 5.82 Å². The van der Waals surface area contributed by atoms with Crippen LogP contribution in [-0.2, 0) is 0 Å². The van der Waals surface area contributed by atoms with Gasteiger partial charge in [-0.25, -0.2) is 4.39 Å². The molecule has 2 heterocycles. The van der Waals surface area contributed by atoms with Crippen LogP contribution < -0.4 is 10.5 Å². The van der Waals surface area contributed by atoms with Crippen LogP contribution in [0.3, 0.4) is 0 Å². The Bertz CT molecular complexity index is 1070. The normalized spacial score (nSPS) is 16.7. The Hall–Kier alpha value is -3.48. The molecule has 29 heavy (non-hydrogen) atoms. The van der Waals surface area contributed by atoms with E-state index in [9.17, 15) is 14.0 Å². The van der Waals surface area contributed by atoms with Crippen LogP contribution in [0.25, 0.3) is 5.69 Å². The van der Waals surface area contributed by atoms with E-state index in [4.69, 9.17) is 0 Å². The average Bonchev–Trinajstić information content (AvgIpc) is 2.75. The number of amides is 1. The molecule has 0 N–H and O–H groups in total. The molecule has 1 aliphatic heterocycles. The molecule has 3 aromatic rings. The third kappa shape index (κ3) is 3.89. The number of anilines is 1. The smallest absolute Gasteiger partial charge is 0.274 e. The molecule has 0 saturated carbocycles. The summed E-state index contributed by atoms with van der Waals surface area (Å²) >= 11 is 0. The fourth-order valence-electron chi connectivity index (χ4n) is 3.57. The SMILES string of the molecule is CC1CN(c2ccccc2)CCN1C(=O)c1ccc(=O)n(-c2ccc(F)cc2)n1. The van der Waals surface area contributed by atoms with E-state index in [-0.39, 0.29) is 23.2 Å². The summed E-state index contributed by atoms with van der Waals surface area (Å²) in [4.78, 5) is 29.3. The molecule has 6 nitrogen and oxygen atoms in total. The molecule has 0 radical (unpaired) electrons. The quantitative estimate of drug-likeness (QED) is 0.688. The van der Waals surface area contributed by atoms with Gasteiger partial charge in [-0.1, -0.05) is 18.2 Å². The molecule has 1 saturated heterocycles. The standard InChI is InChI=1S/C22H21FN4O2/c1-16-15-25(18-5-3-2-4-6-18)13-14-26(16)22(29)20-11-12-21(28)27(24-20)19-9-7-17(23)8-10-19/h2-12,16H,13-15H2,1H3. The number of piperazine rings is 1. The van der Waals surface area contributed by atoms with Crippen molar-refractivity contribution in [1.82, 2.24) is 14.7 Å². The monoisotopic (exact) mass is 392 g/mol. The summed E-state index contributed by atoms with van der Waals surface area (Å²) in [7, 11) is 0. The summed E-state index contributed by atoms with van der Waals surface area (Å²) in [5.41, 5.74) is 1.35. The third-order valence-electron chi connectivity index (χ3n) is 5.10. The van der Waals surface area contributed by atoms with E-state index >= 15 is 0 Å². The first-order valence-corrected chi connectivity index (χ1v) is 9.50. The van der Waals surface area contributed by atoms with Crippen molar-refractivity contribution < 1.29 is 9.18 Å². The van der Waals surface area contributed by atoms with Crippen LogP contribution in [0.4, 0.5) is 10.1 Å². The van der Waals surface area contributed by atoms with Crippen molar-refractivity contribution in [2.24, 2.45) is 0 Å². The summed E-state index contributed by atoms with van der Waals surface area (Å²) in [5.74, 6) is -0.625. The van der Waals surface area contributed by atoms with E-state index in [1.165, 1.54) is 36.4 Å². The van der Waals surface area contributed by atoms with Gasteiger partial charge in [-0.05, 0) is 49.4 Å². The van der Waals surface area contributed by atoms with Crippen LogP contribution in [0.5, 0.6) is 0 Å². The largest absolute Gasteiger partial charge is 0.368 e. The zero-order chi connectivity index (χ0) is 20.4. The predicted octanol–water partition coefficient (Wildman–Crippen LogP) is 2.72. The van der Waals surface area contributed by atoms with Crippen molar-refractivity contribution >= 4 is 11.6 Å². The lowest BCUT2D eigenvalue weighted by molar-refractivity contribution is 0.0666. The van der Waals surface area contributed by atoms with Crippen molar-refractivity contribution in [2.75, 3.05) is 24.5 Å². The zero-order valence-electron chi connectivity index (χ0n) is 16.0. The number of para-hydroxylation sites is 1. The predicted molar refractivity (Wildman–Crippen MR) is 109 cm³/mol. The lowest BCUT2D eigenvalue weighted by Gasteiger charge is -2.40. The van der Waals surface area contributed by atoms with Gasteiger partial charge >= 0.3 is 0 Å².